The van der Waals surface area contributed by atoms with Crippen molar-refractivity contribution in [2.24, 2.45) is 0 Å². The number of benzene rings is 1. The molecule has 88 valence electrons. The van der Waals surface area contributed by atoms with Gasteiger partial charge in [0.15, 0.2) is 0 Å². The van der Waals surface area contributed by atoms with E-state index in [0.29, 0.717) is 0 Å². The van der Waals surface area contributed by atoms with Gasteiger partial charge in [0.1, 0.15) is 5.01 Å². The van der Waals surface area contributed by atoms with Crippen LogP contribution in [0.1, 0.15) is 29.0 Å². The van der Waals surface area contributed by atoms with Crippen molar-refractivity contribution in [3.05, 3.63) is 34.3 Å². The van der Waals surface area contributed by atoms with Crippen molar-refractivity contribution < 1.29 is 0 Å². The summed E-state index contributed by atoms with van der Waals surface area (Å²) in [5, 5.41) is 1.10. The van der Waals surface area contributed by atoms with Crippen molar-refractivity contribution in [1.29, 1.82) is 0 Å². The molecule has 0 amide bonds. The largest absolute Gasteiger partial charge is 0.398 e. The third-order valence-corrected chi connectivity index (χ3v) is 4.48. The van der Waals surface area contributed by atoms with Crippen LogP contribution >= 0.6 is 11.3 Å². The van der Waals surface area contributed by atoms with Crippen LogP contribution in [0.15, 0.2) is 18.2 Å². The van der Waals surface area contributed by atoms with E-state index in [9.17, 15) is 0 Å². The highest BCUT2D eigenvalue weighted by molar-refractivity contribution is 7.15. The highest BCUT2D eigenvalue weighted by atomic mass is 32.1. The Labute approximate surface area is 106 Å². The van der Waals surface area contributed by atoms with Crippen molar-refractivity contribution in [3.63, 3.8) is 0 Å². The summed E-state index contributed by atoms with van der Waals surface area (Å²) >= 11 is 1.82. The molecule has 2 N–H and O–H groups in total. The summed E-state index contributed by atoms with van der Waals surface area (Å²) < 4.78 is 0. The maximum absolute atomic E-state index is 6.05. The van der Waals surface area contributed by atoms with E-state index in [1.165, 1.54) is 35.4 Å². The Balaban J connectivity index is 2.08. The second-order valence-corrected chi connectivity index (χ2v) is 5.77. The average molecular weight is 244 g/mol. The summed E-state index contributed by atoms with van der Waals surface area (Å²) in [6.45, 7) is 2.09. The molecule has 0 aliphatic heterocycles. The lowest BCUT2D eigenvalue weighted by molar-refractivity contribution is 0.682. The lowest BCUT2D eigenvalue weighted by atomic mass is 10.0. The van der Waals surface area contributed by atoms with Crippen molar-refractivity contribution in [2.45, 2.75) is 32.6 Å². The summed E-state index contributed by atoms with van der Waals surface area (Å²) in [4.78, 5) is 6.23. The molecule has 3 rings (SSSR count). The van der Waals surface area contributed by atoms with Gasteiger partial charge in [-0.15, -0.1) is 11.3 Å². The molecular weight excluding hydrogens is 228 g/mol. The number of nitrogens with zero attached hydrogens (tertiary/aromatic N) is 1. The fourth-order valence-corrected chi connectivity index (χ4v) is 3.51. The smallest absolute Gasteiger partial charge is 0.125 e. The average Bonchev–Trinajstić information content (AvgIpc) is 2.75. The SMILES string of the molecule is Cc1ccc(N)c(-c2nc3c(s2)CCCC3)c1. The molecular formula is C14H16N2S. The minimum atomic E-state index is 0.835. The van der Waals surface area contributed by atoms with Gasteiger partial charge in [0.2, 0.25) is 0 Å². The zero-order valence-electron chi connectivity index (χ0n) is 9.99. The molecule has 0 atom stereocenters. The van der Waals surface area contributed by atoms with Crippen LogP contribution in [0.4, 0.5) is 5.69 Å². The van der Waals surface area contributed by atoms with E-state index in [1.54, 1.807) is 0 Å². The normalized spacial score (nSPS) is 14.6. The van der Waals surface area contributed by atoms with Gasteiger partial charge in [0, 0.05) is 16.1 Å². The van der Waals surface area contributed by atoms with Crippen LogP contribution in [0.3, 0.4) is 0 Å². The van der Waals surface area contributed by atoms with Crippen LogP contribution in [0.25, 0.3) is 10.6 Å². The van der Waals surface area contributed by atoms with Gasteiger partial charge in [-0.25, -0.2) is 4.98 Å². The van der Waals surface area contributed by atoms with Crippen LogP contribution in [0, 0.1) is 6.92 Å². The standard InChI is InChI=1S/C14H16N2S/c1-9-6-7-11(15)10(8-9)14-16-12-4-2-3-5-13(12)17-14/h6-8H,2-5,15H2,1H3. The molecule has 2 aromatic rings. The predicted octanol–water partition coefficient (Wildman–Crippen LogP) is 3.58. The number of hydrogen-bond acceptors (Lipinski definition) is 3. The molecule has 1 aromatic heterocycles. The topological polar surface area (TPSA) is 38.9 Å². The maximum Gasteiger partial charge on any atom is 0.125 e. The van der Waals surface area contributed by atoms with E-state index >= 15 is 0 Å². The van der Waals surface area contributed by atoms with Crippen LogP contribution in [-0.4, -0.2) is 4.98 Å². The molecule has 0 saturated carbocycles. The second-order valence-electron chi connectivity index (χ2n) is 4.69. The molecule has 1 heterocycles. The van der Waals surface area contributed by atoms with Gasteiger partial charge < -0.3 is 5.73 Å². The molecule has 0 bridgehead atoms. The fourth-order valence-electron chi connectivity index (χ4n) is 2.32. The van der Waals surface area contributed by atoms with Crippen LogP contribution in [0.2, 0.25) is 0 Å². The first-order chi connectivity index (χ1) is 8.24. The number of rotatable bonds is 1. The number of aromatic nitrogens is 1. The molecule has 2 nitrogen and oxygen atoms in total. The summed E-state index contributed by atoms with van der Waals surface area (Å²) in [7, 11) is 0. The minimum absolute atomic E-state index is 0.835. The van der Waals surface area contributed by atoms with Crippen LogP contribution in [0.5, 0.6) is 0 Å². The van der Waals surface area contributed by atoms with E-state index in [1.807, 2.05) is 23.5 Å². The van der Waals surface area contributed by atoms with Gasteiger partial charge >= 0.3 is 0 Å². The molecule has 0 saturated heterocycles. The Bertz CT molecular complexity index is 534. The number of nitrogen functional groups attached to an aromatic ring is 1. The monoisotopic (exact) mass is 244 g/mol. The Morgan fingerprint density at radius 2 is 2.06 bits per heavy atom. The van der Waals surface area contributed by atoms with E-state index in [2.05, 4.69) is 13.0 Å². The number of nitrogens with two attached hydrogens (primary N) is 1. The number of hydrogen-bond donors (Lipinski definition) is 1. The van der Waals surface area contributed by atoms with Crippen molar-refractivity contribution >= 4 is 17.0 Å². The number of fused-ring (bicyclic) bond motifs is 1. The molecule has 0 spiro atoms. The highest BCUT2D eigenvalue weighted by Gasteiger charge is 2.17. The molecule has 0 unspecified atom stereocenters. The summed E-state index contributed by atoms with van der Waals surface area (Å²) in [5.41, 5.74) is 10.5. The first-order valence-corrected chi connectivity index (χ1v) is 6.91. The van der Waals surface area contributed by atoms with Crippen LogP contribution < -0.4 is 5.73 Å². The number of thiazole rings is 1. The molecule has 3 heteroatoms. The first-order valence-electron chi connectivity index (χ1n) is 6.09. The number of anilines is 1. The van der Waals surface area contributed by atoms with Gasteiger partial charge in [0.25, 0.3) is 0 Å². The third kappa shape index (κ3) is 1.95. The first kappa shape index (κ1) is 10.8. The molecule has 0 fully saturated rings. The summed E-state index contributed by atoms with van der Waals surface area (Å²) in [5.74, 6) is 0. The molecule has 17 heavy (non-hydrogen) atoms. The van der Waals surface area contributed by atoms with Crippen molar-refractivity contribution in [2.75, 3.05) is 5.73 Å². The lowest BCUT2D eigenvalue weighted by Gasteiger charge is -2.06. The second kappa shape index (κ2) is 4.15. The quantitative estimate of drug-likeness (QED) is 0.779. The zero-order chi connectivity index (χ0) is 11.8. The van der Waals surface area contributed by atoms with Crippen molar-refractivity contribution in [1.82, 2.24) is 4.98 Å². The van der Waals surface area contributed by atoms with E-state index in [0.717, 1.165) is 22.7 Å². The Morgan fingerprint density at radius 1 is 1.24 bits per heavy atom. The Morgan fingerprint density at radius 3 is 2.88 bits per heavy atom. The van der Waals surface area contributed by atoms with Gasteiger partial charge in [-0.3, -0.25) is 0 Å². The Kier molecular flexibility index (Phi) is 2.63. The summed E-state index contributed by atoms with van der Waals surface area (Å²) in [6.07, 6.45) is 4.91. The van der Waals surface area contributed by atoms with Gasteiger partial charge in [-0.05, 0) is 44.7 Å². The lowest BCUT2D eigenvalue weighted by Crippen LogP contribution is -1.99. The summed E-state index contributed by atoms with van der Waals surface area (Å²) in [6, 6.07) is 6.16. The molecule has 1 aromatic carbocycles. The van der Waals surface area contributed by atoms with Crippen molar-refractivity contribution in [3.8, 4) is 10.6 Å². The zero-order valence-corrected chi connectivity index (χ0v) is 10.8. The van der Waals surface area contributed by atoms with E-state index in [-0.39, 0.29) is 0 Å². The number of aryl methyl sites for hydroxylation is 3. The van der Waals surface area contributed by atoms with Gasteiger partial charge in [0.05, 0.1) is 5.69 Å². The van der Waals surface area contributed by atoms with Crippen LogP contribution in [-0.2, 0) is 12.8 Å². The molecule has 1 aliphatic rings. The van der Waals surface area contributed by atoms with Gasteiger partial charge in [-0.2, -0.15) is 0 Å². The molecule has 1 aliphatic carbocycles. The third-order valence-electron chi connectivity index (χ3n) is 3.28. The fraction of sp³-hybridized carbons (Fsp3) is 0.357. The minimum Gasteiger partial charge on any atom is -0.398 e. The highest BCUT2D eigenvalue weighted by Crippen LogP contribution is 2.35. The van der Waals surface area contributed by atoms with E-state index < -0.39 is 0 Å². The van der Waals surface area contributed by atoms with Gasteiger partial charge in [-0.1, -0.05) is 11.6 Å². The van der Waals surface area contributed by atoms with E-state index in [4.69, 9.17) is 10.7 Å². The maximum atomic E-state index is 6.05. The Hall–Kier alpha value is -1.35. The predicted molar refractivity (Wildman–Crippen MR) is 73.3 cm³/mol. The molecule has 0 radical (unpaired) electrons.